The van der Waals surface area contributed by atoms with Crippen LogP contribution in [-0.4, -0.2) is 16.4 Å². The highest BCUT2D eigenvalue weighted by molar-refractivity contribution is 6.35. The number of carbonyl (C=O) groups excluding carboxylic acids is 2. The second kappa shape index (κ2) is 11.2. The Kier molecular flexibility index (Phi) is 6.97. The largest absolute Gasteiger partial charge is 0.416 e. The number of aromatic nitrogens is 1. The molecule has 1 aromatic heterocycles. The molecule has 1 aliphatic rings. The fourth-order valence-corrected chi connectivity index (χ4v) is 6.65. The molecule has 0 aliphatic carbocycles. The van der Waals surface area contributed by atoms with Crippen LogP contribution in [0.5, 0.6) is 0 Å². The second-order valence-corrected chi connectivity index (χ2v) is 11.9. The summed E-state index contributed by atoms with van der Waals surface area (Å²) in [4.78, 5) is 29.1. The molecular weight excluding hydrogens is 654 g/mol. The molecule has 0 atom stereocenters. The van der Waals surface area contributed by atoms with Gasteiger partial charge in [0.15, 0.2) is 0 Å². The van der Waals surface area contributed by atoms with Crippen molar-refractivity contribution in [3.8, 4) is 27.9 Å². The quantitative estimate of drug-likeness (QED) is 0.138. The van der Waals surface area contributed by atoms with Gasteiger partial charge in [-0.1, -0.05) is 78.9 Å². The van der Waals surface area contributed by atoms with Gasteiger partial charge >= 0.3 is 12.4 Å². The summed E-state index contributed by atoms with van der Waals surface area (Å²) in [5.74, 6) is -1.09. The van der Waals surface area contributed by atoms with E-state index in [1.807, 2.05) is 48.5 Å². The van der Waals surface area contributed by atoms with Crippen molar-refractivity contribution in [2.75, 3.05) is 4.90 Å². The zero-order valence-corrected chi connectivity index (χ0v) is 25.7. The van der Waals surface area contributed by atoms with E-state index in [0.717, 1.165) is 21.4 Å². The van der Waals surface area contributed by atoms with Crippen LogP contribution in [0.2, 0.25) is 0 Å². The number of benzene rings is 6. The first kappa shape index (κ1) is 31.1. The Morgan fingerprint density at radius 3 is 1.74 bits per heavy atom. The minimum Gasteiger partial charge on any atom is -0.308 e. The first-order valence-corrected chi connectivity index (χ1v) is 15.4. The van der Waals surface area contributed by atoms with Gasteiger partial charge in [-0.05, 0) is 76.9 Å². The zero-order chi connectivity index (χ0) is 34.9. The van der Waals surface area contributed by atoms with Gasteiger partial charge < -0.3 is 4.57 Å². The first-order chi connectivity index (χ1) is 23.9. The highest BCUT2D eigenvalue weighted by atomic mass is 19.4. The molecule has 246 valence electrons. The van der Waals surface area contributed by atoms with Crippen molar-refractivity contribution in [3.63, 3.8) is 0 Å². The molecule has 2 heterocycles. The van der Waals surface area contributed by atoms with Gasteiger partial charge in [0.2, 0.25) is 0 Å². The number of fused-ring (bicyclic) bond motifs is 4. The number of anilines is 1. The number of carbonyl (C=O) groups is 2. The normalized spacial score (nSPS) is 13.4. The number of halogens is 6. The molecule has 0 bridgehead atoms. The van der Waals surface area contributed by atoms with E-state index >= 15 is 0 Å². The van der Waals surface area contributed by atoms with Crippen LogP contribution in [-0.2, 0) is 12.4 Å². The summed E-state index contributed by atoms with van der Waals surface area (Å²) in [6.07, 6.45) is -10.0. The van der Waals surface area contributed by atoms with Crippen LogP contribution in [0.25, 0.3) is 49.7 Å². The Bertz CT molecular complexity index is 2470. The minimum absolute atomic E-state index is 0.0931. The lowest BCUT2D eigenvalue weighted by molar-refractivity contribution is -0.143. The molecule has 0 saturated carbocycles. The number of hydrogen-bond donors (Lipinski definition) is 0. The van der Waals surface area contributed by atoms with Crippen molar-refractivity contribution >= 4 is 39.3 Å². The molecule has 7 aromatic rings. The standard InChI is InChI=1S/C40H22F6N2O2/c41-39(42,43)27-19-26(20-28(22-27)40(44,45)46)25-15-18-31-30-9-4-5-11-33(30)48(35(31)21-25)34-12-6-10-32-36(34)38(50)47(37(32)49)29-16-13-24(14-17-29)23-7-2-1-3-8-23/h1-22H. The summed E-state index contributed by atoms with van der Waals surface area (Å²) in [6, 6.07) is 34.8. The molecule has 50 heavy (non-hydrogen) atoms. The van der Waals surface area contributed by atoms with Gasteiger partial charge in [0.1, 0.15) is 0 Å². The summed E-state index contributed by atoms with van der Waals surface area (Å²) >= 11 is 0. The van der Waals surface area contributed by atoms with Crippen LogP contribution >= 0.6 is 0 Å². The van der Waals surface area contributed by atoms with E-state index in [1.54, 1.807) is 59.2 Å². The zero-order valence-electron chi connectivity index (χ0n) is 25.7. The summed E-state index contributed by atoms with van der Waals surface area (Å²) < 4.78 is 84.2. The van der Waals surface area contributed by atoms with Crippen LogP contribution < -0.4 is 4.90 Å². The van der Waals surface area contributed by atoms with Crippen molar-refractivity contribution in [1.82, 2.24) is 4.57 Å². The van der Waals surface area contributed by atoms with Crippen molar-refractivity contribution in [3.05, 3.63) is 156 Å². The maximum Gasteiger partial charge on any atom is 0.416 e. The molecular formula is C40H22F6N2O2. The maximum absolute atomic E-state index is 14.2. The van der Waals surface area contributed by atoms with E-state index in [4.69, 9.17) is 0 Å². The molecule has 1 aliphatic heterocycles. The van der Waals surface area contributed by atoms with Gasteiger partial charge in [0, 0.05) is 10.8 Å². The molecule has 0 unspecified atom stereocenters. The summed E-state index contributed by atoms with van der Waals surface area (Å²) in [5.41, 5.74) is 0.885. The Hall–Kier alpha value is -6.16. The lowest BCUT2D eigenvalue weighted by Crippen LogP contribution is -2.29. The van der Waals surface area contributed by atoms with E-state index in [-0.39, 0.29) is 28.3 Å². The topological polar surface area (TPSA) is 42.3 Å². The van der Waals surface area contributed by atoms with Crippen LogP contribution in [0.1, 0.15) is 31.8 Å². The summed E-state index contributed by atoms with van der Waals surface area (Å²) in [7, 11) is 0. The fourth-order valence-electron chi connectivity index (χ4n) is 6.65. The lowest BCUT2D eigenvalue weighted by Gasteiger charge is -2.16. The number of amides is 2. The second-order valence-electron chi connectivity index (χ2n) is 11.9. The third-order valence-corrected chi connectivity index (χ3v) is 8.96. The van der Waals surface area contributed by atoms with Crippen molar-refractivity contribution < 1.29 is 35.9 Å². The SMILES string of the molecule is O=C1c2cccc(-n3c4ccccc4c4ccc(-c5cc(C(F)(F)F)cc(C(F)(F)F)c5)cc43)c2C(=O)N1c1ccc(-c2ccccc2)cc1. The number of imide groups is 1. The van der Waals surface area contributed by atoms with Crippen molar-refractivity contribution in [1.29, 1.82) is 0 Å². The van der Waals surface area contributed by atoms with Crippen molar-refractivity contribution in [2.45, 2.75) is 12.4 Å². The number of rotatable bonds is 4. The third kappa shape index (κ3) is 5.03. The van der Waals surface area contributed by atoms with Gasteiger partial charge in [-0.2, -0.15) is 26.3 Å². The average molecular weight is 677 g/mol. The van der Waals surface area contributed by atoms with Gasteiger partial charge in [-0.3, -0.25) is 9.59 Å². The maximum atomic E-state index is 14.2. The molecule has 2 amide bonds. The molecule has 0 fully saturated rings. The number of alkyl halides is 6. The summed E-state index contributed by atoms with van der Waals surface area (Å²) in [5, 5.41) is 1.38. The van der Waals surface area contributed by atoms with Gasteiger partial charge in [0.05, 0.1) is 44.7 Å². The molecule has 0 radical (unpaired) electrons. The molecule has 0 saturated heterocycles. The highest BCUT2D eigenvalue weighted by Crippen LogP contribution is 2.42. The van der Waals surface area contributed by atoms with Crippen molar-refractivity contribution in [2.24, 2.45) is 0 Å². The van der Waals surface area contributed by atoms with E-state index in [0.29, 0.717) is 39.9 Å². The molecule has 0 spiro atoms. The van der Waals surface area contributed by atoms with E-state index < -0.39 is 35.3 Å². The van der Waals surface area contributed by atoms with Crippen LogP contribution in [0, 0.1) is 0 Å². The van der Waals surface area contributed by atoms with Gasteiger partial charge in [0.25, 0.3) is 11.8 Å². The molecule has 10 heteroatoms. The minimum atomic E-state index is -5.01. The molecule has 6 aromatic carbocycles. The number of para-hydroxylation sites is 1. The Labute approximate surface area is 280 Å². The third-order valence-electron chi connectivity index (χ3n) is 8.96. The monoisotopic (exact) mass is 676 g/mol. The highest BCUT2D eigenvalue weighted by Gasteiger charge is 2.40. The van der Waals surface area contributed by atoms with Crippen LogP contribution in [0.4, 0.5) is 32.0 Å². The first-order valence-electron chi connectivity index (χ1n) is 15.4. The predicted octanol–water partition coefficient (Wildman–Crippen LogP) is 11.0. The Morgan fingerprint density at radius 2 is 1.06 bits per heavy atom. The summed E-state index contributed by atoms with van der Waals surface area (Å²) in [6.45, 7) is 0. The van der Waals surface area contributed by atoms with E-state index in [2.05, 4.69) is 0 Å². The Morgan fingerprint density at radius 1 is 0.460 bits per heavy atom. The lowest BCUT2D eigenvalue weighted by atomic mass is 9.98. The van der Waals surface area contributed by atoms with E-state index in [9.17, 15) is 35.9 Å². The molecule has 8 rings (SSSR count). The number of nitrogens with zero attached hydrogens (tertiary/aromatic N) is 2. The van der Waals surface area contributed by atoms with E-state index in [1.165, 1.54) is 12.1 Å². The van der Waals surface area contributed by atoms with Crippen LogP contribution in [0.3, 0.4) is 0 Å². The Balaban J connectivity index is 1.29. The average Bonchev–Trinajstić information content (AvgIpc) is 3.58. The number of hydrogen-bond acceptors (Lipinski definition) is 2. The van der Waals surface area contributed by atoms with Gasteiger partial charge in [-0.15, -0.1) is 0 Å². The van der Waals surface area contributed by atoms with Crippen LogP contribution in [0.15, 0.2) is 133 Å². The predicted molar refractivity (Wildman–Crippen MR) is 179 cm³/mol. The fraction of sp³-hybridized carbons (Fsp3) is 0.0500. The molecule has 4 nitrogen and oxygen atoms in total. The van der Waals surface area contributed by atoms with Gasteiger partial charge in [-0.25, -0.2) is 4.90 Å². The smallest absolute Gasteiger partial charge is 0.308 e. The molecule has 0 N–H and O–H groups in total.